The fourth-order valence-corrected chi connectivity index (χ4v) is 3.17. The SMILES string of the molecule is CC1(C)Nc2ccc(C(O)(C(F)(F)F)C(F)(F)F)cc2S1. The second kappa shape index (κ2) is 4.45. The van der Waals surface area contributed by atoms with Crippen LogP contribution < -0.4 is 5.32 Å². The van der Waals surface area contributed by atoms with Gasteiger partial charge in [0.1, 0.15) is 0 Å². The third-order valence-electron chi connectivity index (χ3n) is 3.02. The molecule has 0 saturated carbocycles. The zero-order chi connectivity index (χ0) is 16.3. The Morgan fingerprint density at radius 2 is 1.57 bits per heavy atom. The van der Waals surface area contributed by atoms with Crippen molar-refractivity contribution >= 4 is 17.4 Å². The van der Waals surface area contributed by atoms with Gasteiger partial charge in [0, 0.05) is 16.1 Å². The van der Waals surface area contributed by atoms with E-state index in [1.54, 1.807) is 13.8 Å². The van der Waals surface area contributed by atoms with Crippen LogP contribution in [-0.4, -0.2) is 22.3 Å². The van der Waals surface area contributed by atoms with Crippen LogP contribution in [0.5, 0.6) is 0 Å². The lowest BCUT2D eigenvalue weighted by molar-refractivity contribution is -0.376. The van der Waals surface area contributed by atoms with Gasteiger partial charge in [-0.05, 0) is 26.0 Å². The molecule has 2 N–H and O–H groups in total. The molecule has 2 rings (SSSR count). The Labute approximate surface area is 120 Å². The number of alkyl halides is 6. The van der Waals surface area contributed by atoms with E-state index < -0.39 is 28.4 Å². The van der Waals surface area contributed by atoms with E-state index in [0.29, 0.717) is 11.8 Å². The Kier molecular flexibility index (Phi) is 3.45. The van der Waals surface area contributed by atoms with Gasteiger partial charge in [0.2, 0.25) is 0 Å². The van der Waals surface area contributed by atoms with Crippen molar-refractivity contribution in [3.8, 4) is 0 Å². The number of anilines is 1. The van der Waals surface area contributed by atoms with Crippen LogP contribution in [-0.2, 0) is 5.60 Å². The first kappa shape index (κ1) is 16.3. The molecule has 21 heavy (non-hydrogen) atoms. The molecule has 1 aliphatic heterocycles. The fourth-order valence-electron chi connectivity index (χ4n) is 2.05. The van der Waals surface area contributed by atoms with E-state index in [0.717, 1.165) is 23.9 Å². The Hall–Kier alpha value is -1.09. The molecule has 0 unspecified atom stereocenters. The summed E-state index contributed by atoms with van der Waals surface area (Å²) in [5.41, 5.74) is -5.70. The first-order chi connectivity index (χ1) is 9.28. The average molecular weight is 331 g/mol. The number of nitrogens with one attached hydrogen (secondary N) is 1. The predicted molar refractivity (Wildman–Crippen MR) is 66.0 cm³/mol. The Morgan fingerprint density at radius 3 is 2.05 bits per heavy atom. The second-order valence-electron chi connectivity index (χ2n) is 5.15. The molecule has 0 aliphatic carbocycles. The molecule has 0 aromatic heterocycles. The highest BCUT2D eigenvalue weighted by molar-refractivity contribution is 8.01. The first-order valence-corrected chi connectivity index (χ1v) is 6.57. The fraction of sp³-hybridized carbons (Fsp3) is 0.500. The van der Waals surface area contributed by atoms with Gasteiger partial charge in [0.05, 0.1) is 4.87 Å². The summed E-state index contributed by atoms with van der Waals surface area (Å²) in [7, 11) is 0. The van der Waals surface area contributed by atoms with Crippen molar-refractivity contribution in [2.45, 2.75) is 41.6 Å². The number of hydrogen-bond donors (Lipinski definition) is 2. The molecule has 0 atom stereocenters. The van der Waals surface area contributed by atoms with Gasteiger partial charge in [-0.1, -0.05) is 17.8 Å². The van der Waals surface area contributed by atoms with Gasteiger partial charge < -0.3 is 10.4 Å². The van der Waals surface area contributed by atoms with Crippen molar-refractivity contribution in [1.82, 2.24) is 0 Å². The number of benzene rings is 1. The molecule has 0 amide bonds. The van der Waals surface area contributed by atoms with Crippen molar-refractivity contribution in [3.05, 3.63) is 23.8 Å². The molecule has 0 spiro atoms. The summed E-state index contributed by atoms with van der Waals surface area (Å²) in [5.74, 6) is 0. The highest BCUT2D eigenvalue weighted by atomic mass is 32.2. The van der Waals surface area contributed by atoms with E-state index in [9.17, 15) is 31.4 Å². The van der Waals surface area contributed by atoms with Crippen LogP contribution in [0.2, 0.25) is 0 Å². The zero-order valence-electron chi connectivity index (χ0n) is 10.9. The summed E-state index contributed by atoms with van der Waals surface area (Å²) < 4.78 is 76.8. The zero-order valence-corrected chi connectivity index (χ0v) is 11.7. The molecule has 118 valence electrons. The van der Waals surface area contributed by atoms with Crippen LogP contribution in [0.3, 0.4) is 0 Å². The van der Waals surface area contributed by atoms with E-state index >= 15 is 0 Å². The highest BCUT2D eigenvalue weighted by Crippen LogP contribution is 2.52. The van der Waals surface area contributed by atoms with Crippen LogP contribution in [0.4, 0.5) is 32.0 Å². The Bertz CT molecular complexity index is 552. The van der Waals surface area contributed by atoms with Crippen LogP contribution in [0, 0.1) is 0 Å². The summed E-state index contributed by atoms with van der Waals surface area (Å²) in [6, 6.07) is 2.46. The molecule has 0 radical (unpaired) electrons. The molecule has 9 heteroatoms. The molecular formula is C12H11F6NOS. The lowest BCUT2D eigenvalue weighted by atomic mass is 9.92. The number of aliphatic hydroxyl groups is 1. The van der Waals surface area contributed by atoms with Crippen LogP contribution in [0.15, 0.2) is 23.1 Å². The summed E-state index contributed by atoms with van der Waals surface area (Å²) in [6.45, 7) is 3.47. The smallest absolute Gasteiger partial charge is 0.370 e. The highest BCUT2D eigenvalue weighted by Gasteiger charge is 2.71. The Morgan fingerprint density at radius 1 is 1.05 bits per heavy atom. The molecule has 1 aliphatic rings. The average Bonchev–Trinajstić information content (AvgIpc) is 2.57. The normalized spacial score (nSPS) is 18.3. The second-order valence-corrected chi connectivity index (χ2v) is 6.82. The molecule has 1 aromatic rings. The predicted octanol–water partition coefficient (Wildman–Crippen LogP) is 4.25. The summed E-state index contributed by atoms with van der Waals surface area (Å²) in [5, 5.41) is 12.3. The largest absolute Gasteiger partial charge is 0.430 e. The maximum absolute atomic E-state index is 12.8. The number of halogens is 6. The van der Waals surface area contributed by atoms with Gasteiger partial charge in [-0.3, -0.25) is 0 Å². The lowest BCUT2D eigenvalue weighted by Crippen LogP contribution is -2.53. The number of fused-ring (bicyclic) bond motifs is 1. The number of rotatable bonds is 1. The third kappa shape index (κ3) is 2.57. The monoisotopic (exact) mass is 331 g/mol. The molecule has 1 heterocycles. The number of thioether (sulfide) groups is 1. The minimum absolute atomic E-state index is 0.226. The minimum atomic E-state index is -5.87. The maximum Gasteiger partial charge on any atom is 0.430 e. The van der Waals surface area contributed by atoms with E-state index in [4.69, 9.17) is 0 Å². The van der Waals surface area contributed by atoms with E-state index in [1.807, 2.05) is 0 Å². The molecule has 0 fully saturated rings. The van der Waals surface area contributed by atoms with Gasteiger partial charge in [-0.2, -0.15) is 26.3 Å². The van der Waals surface area contributed by atoms with Gasteiger partial charge in [0.15, 0.2) is 0 Å². The van der Waals surface area contributed by atoms with Gasteiger partial charge in [0.25, 0.3) is 5.60 Å². The van der Waals surface area contributed by atoms with Gasteiger partial charge in [-0.15, -0.1) is 0 Å². The van der Waals surface area contributed by atoms with Crippen molar-refractivity contribution in [2.24, 2.45) is 0 Å². The number of hydrogen-bond acceptors (Lipinski definition) is 3. The van der Waals surface area contributed by atoms with E-state index in [1.165, 1.54) is 0 Å². The quantitative estimate of drug-likeness (QED) is 0.755. The molecule has 1 aromatic carbocycles. The maximum atomic E-state index is 12.8. The van der Waals surface area contributed by atoms with Crippen molar-refractivity contribution < 1.29 is 31.4 Å². The topological polar surface area (TPSA) is 32.3 Å². The molecule has 0 bridgehead atoms. The third-order valence-corrected chi connectivity index (χ3v) is 4.19. The lowest BCUT2D eigenvalue weighted by Gasteiger charge is -2.32. The Balaban J connectivity index is 2.56. The van der Waals surface area contributed by atoms with Crippen molar-refractivity contribution in [3.63, 3.8) is 0 Å². The summed E-state index contributed by atoms with van der Waals surface area (Å²) >= 11 is 1.09. The summed E-state index contributed by atoms with van der Waals surface area (Å²) in [4.78, 5) is -0.320. The van der Waals surface area contributed by atoms with E-state index in [-0.39, 0.29) is 4.90 Å². The molecular weight excluding hydrogens is 320 g/mol. The molecule has 2 nitrogen and oxygen atoms in total. The van der Waals surface area contributed by atoms with E-state index in [2.05, 4.69) is 5.32 Å². The molecule has 0 saturated heterocycles. The van der Waals surface area contributed by atoms with Crippen LogP contribution in [0.1, 0.15) is 19.4 Å². The standard InChI is InChI=1S/C12H11F6NOS/c1-9(2)19-7-4-3-6(5-8(7)21-9)10(20,11(13,14)15)12(16,17)18/h3-5,19-20H,1-2H3. The van der Waals surface area contributed by atoms with Gasteiger partial charge in [-0.25, -0.2) is 0 Å². The first-order valence-electron chi connectivity index (χ1n) is 5.75. The van der Waals surface area contributed by atoms with Crippen LogP contribution >= 0.6 is 11.8 Å². The minimum Gasteiger partial charge on any atom is -0.370 e. The van der Waals surface area contributed by atoms with Crippen molar-refractivity contribution in [1.29, 1.82) is 0 Å². The van der Waals surface area contributed by atoms with Crippen LogP contribution in [0.25, 0.3) is 0 Å². The summed E-state index contributed by atoms with van der Waals surface area (Å²) in [6.07, 6.45) is -11.7. The van der Waals surface area contributed by atoms with Gasteiger partial charge >= 0.3 is 12.4 Å². The van der Waals surface area contributed by atoms with Crippen molar-refractivity contribution in [2.75, 3.05) is 5.32 Å².